The highest BCUT2D eigenvalue weighted by Crippen LogP contribution is 2.14. The van der Waals surface area contributed by atoms with E-state index in [1.165, 1.54) is 0 Å². The molecule has 1 atom stereocenters. The van der Waals surface area contributed by atoms with Crippen molar-refractivity contribution >= 4 is 5.91 Å². The minimum atomic E-state index is -0.513. The van der Waals surface area contributed by atoms with Gasteiger partial charge in [0, 0.05) is 26.2 Å². The Morgan fingerprint density at radius 1 is 1.50 bits per heavy atom. The van der Waals surface area contributed by atoms with E-state index in [1.54, 1.807) is 7.11 Å². The Kier molecular flexibility index (Phi) is 5.18. The fourth-order valence-electron chi connectivity index (χ4n) is 2.09. The van der Waals surface area contributed by atoms with E-state index in [0.717, 1.165) is 25.9 Å². The standard InChI is InChI=1S/C11H23N3O2/c1-13(2)9-4-6-14(7-5-9)11(15)10(12)8-16-3/h9-10H,4-8,12H2,1-3H3. The lowest BCUT2D eigenvalue weighted by Gasteiger charge is -2.36. The molecule has 94 valence electrons. The quantitative estimate of drug-likeness (QED) is 0.707. The van der Waals surface area contributed by atoms with Crippen LogP contribution in [0.15, 0.2) is 0 Å². The van der Waals surface area contributed by atoms with Crippen LogP contribution in [0.1, 0.15) is 12.8 Å². The Labute approximate surface area is 97.5 Å². The predicted molar refractivity (Wildman–Crippen MR) is 63.1 cm³/mol. The summed E-state index contributed by atoms with van der Waals surface area (Å²) in [6, 6.07) is 0.0728. The van der Waals surface area contributed by atoms with Gasteiger partial charge in [0.05, 0.1) is 6.61 Å². The zero-order chi connectivity index (χ0) is 12.1. The second-order valence-electron chi connectivity index (χ2n) is 4.58. The first-order valence-corrected chi connectivity index (χ1v) is 5.76. The molecule has 1 rings (SSSR count). The summed E-state index contributed by atoms with van der Waals surface area (Å²) in [6.45, 7) is 1.91. The Hall–Kier alpha value is -0.650. The number of amides is 1. The third-order valence-electron chi connectivity index (χ3n) is 3.17. The highest BCUT2D eigenvalue weighted by molar-refractivity contribution is 5.81. The van der Waals surface area contributed by atoms with E-state index in [9.17, 15) is 4.79 Å². The van der Waals surface area contributed by atoms with E-state index >= 15 is 0 Å². The summed E-state index contributed by atoms with van der Waals surface area (Å²) in [7, 11) is 5.73. The number of ether oxygens (including phenoxy) is 1. The van der Waals surface area contributed by atoms with E-state index in [1.807, 2.05) is 4.90 Å². The summed E-state index contributed by atoms with van der Waals surface area (Å²) in [5.41, 5.74) is 5.73. The zero-order valence-corrected chi connectivity index (χ0v) is 10.5. The molecule has 0 aromatic heterocycles. The maximum atomic E-state index is 11.9. The summed E-state index contributed by atoms with van der Waals surface area (Å²) >= 11 is 0. The zero-order valence-electron chi connectivity index (χ0n) is 10.5. The van der Waals surface area contributed by atoms with Gasteiger partial charge >= 0.3 is 0 Å². The van der Waals surface area contributed by atoms with Crippen LogP contribution in [-0.2, 0) is 9.53 Å². The molecule has 1 saturated heterocycles. The normalized spacial score (nSPS) is 20.2. The first kappa shape index (κ1) is 13.4. The molecule has 0 aromatic rings. The molecule has 5 heteroatoms. The number of nitrogens with zero attached hydrogens (tertiary/aromatic N) is 2. The number of methoxy groups -OCH3 is 1. The van der Waals surface area contributed by atoms with E-state index in [0.29, 0.717) is 12.6 Å². The number of hydrogen-bond donors (Lipinski definition) is 1. The fourth-order valence-corrected chi connectivity index (χ4v) is 2.09. The molecular weight excluding hydrogens is 206 g/mol. The van der Waals surface area contributed by atoms with Gasteiger partial charge in [-0.2, -0.15) is 0 Å². The van der Waals surface area contributed by atoms with Crippen molar-refractivity contribution in [1.29, 1.82) is 0 Å². The van der Waals surface area contributed by atoms with Crippen LogP contribution in [0.2, 0.25) is 0 Å². The summed E-state index contributed by atoms with van der Waals surface area (Å²) in [6.07, 6.45) is 2.05. The molecule has 1 fully saturated rings. The SMILES string of the molecule is COCC(N)C(=O)N1CCC(N(C)C)CC1. The average molecular weight is 229 g/mol. The minimum absolute atomic E-state index is 0.0130. The minimum Gasteiger partial charge on any atom is -0.383 e. The van der Waals surface area contributed by atoms with Crippen molar-refractivity contribution < 1.29 is 9.53 Å². The predicted octanol–water partition coefficient (Wildman–Crippen LogP) is -0.487. The Bertz CT molecular complexity index is 225. The molecule has 16 heavy (non-hydrogen) atoms. The first-order valence-electron chi connectivity index (χ1n) is 5.76. The van der Waals surface area contributed by atoms with Crippen molar-refractivity contribution in [2.45, 2.75) is 24.9 Å². The van der Waals surface area contributed by atoms with Crippen LogP contribution in [-0.4, -0.2) is 68.7 Å². The average Bonchev–Trinajstić information content (AvgIpc) is 2.28. The highest BCUT2D eigenvalue weighted by atomic mass is 16.5. The molecule has 0 radical (unpaired) electrons. The molecule has 1 unspecified atom stereocenters. The Morgan fingerprint density at radius 2 is 2.06 bits per heavy atom. The van der Waals surface area contributed by atoms with Crippen LogP contribution < -0.4 is 5.73 Å². The lowest BCUT2D eigenvalue weighted by atomic mass is 10.0. The number of piperidine rings is 1. The smallest absolute Gasteiger partial charge is 0.241 e. The lowest BCUT2D eigenvalue weighted by Crippen LogP contribution is -2.51. The van der Waals surface area contributed by atoms with E-state index in [4.69, 9.17) is 10.5 Å². The summed E-state index contributed by atoms with van der Waals surface area (Å²) < 4.78 is 4.89. The van der Waals surface area contributed by atoms with Crippen LogP contribution >= 0.6 is 0 Å². The van der Waals surface area contributed by atoms with Crippen LogP contribution in [0, 0.1) is 0 Å². The van der Waals surface area contributed by atoms with Gasteiger partial charge in [-0.05, 0) is 26.9 Å². The molecule has 5 nitrogen and oxygen atoms in total. The van der Waals surface area contributed by atoms with Gasteiger partial charge in [-0.15, -0.1) is 0 Å². The van der Waals surface area contributed by atoms with E-state index in [-0.39, 0.29) is 5.91 Å². The maximum absolute atomic E-state index is 11.9. The molecular formula is C11H23N3O2. The van der Waals surface area contributed by atoms with Gasteiger partial charge < -0.3 is 20.3 Å². The van der Waals surface area contributed by atoms with Crippen LogP contribution in [0.25, 0.3) is 0 Å². The molecule has 0 saturated carbocycles. The second-order valence-corrected chi connectivity index (χ2v) is 4.58. The molecule has 0 aromatic carbocycles. The lowest BCUT2D eigenvalue weighted by molar-refractivity contribution is -0.135. The number of carbonyl (C=O) groups is 1. The topological polar surface area (TPSA) is 58.8 Å². The third kappa shape index (κ3) is 3.43. The maximum Gasteiger partial charge on any atom is 0.241 e. The molecule has 0 bridgehead atoms. The monoisotopic (exact) mass is 229 g/mol. The highest BCUT2D eigenvalue weighted by Gasteiger charge is 2.26. The number of rotatable bonds is 4. The second kappa shape index (κ2) is 6.18. The summed E-state index contributed by atoms with van der Waals surface area (Å²) in [4.78, 5) is 15.9. The van der Waals surface area contributed by atoms with Crippen LogP contribution in [0.4, 0.5) is 0 Å². The fraction of sp³-hybridized carbons (Fsp3) is 0.909. The molecule has 0 spiro atoms. The van der Waals surface area contributed by atoms with Crippen LogP contribution in [0.3, 0.4) is 0 Å². The molecule has 1 aliphatic rings. The van der Waals surface area contributed by atoms with Gasteiger partial charge in [-0.1, -0.05) is 0 Å². The van der Waals surface area contributed by atoms with Gasteiger partial charge in [0.25, 0.3) is 0 Å². The number of hydrogen-bond acceptors (Lipinski definition) is 4. The van der Waals surface area contributed by atoms with Crippen molar-refractivity contribution in [3.63, 3.8) is 0 Å². The first-order chi connectivity index (χ1) is 7.56. The molecule has 0 aliphatic carbocycles. The van der Waals surface area contributed by atoms with Gasteiger partial charge in [-0.25, -0.2) is 0 Å². The number of likely N-dealkylation sites (tertiary alicyclic amines) is 1. The molecule has 1 heterocycles. The van der Waals surface area contributed by atoms with Crippen molar-refractivity contribution in [2.75, 3.05) is 40.9 Å². The number of nitrogens with two attached hydrogens (primary N) is 1. The largest absolute Gasteiger partial charge is 0.383 e. The summed E-state index contributed by atoms with van der Waals surface area (Å²) in [5.74, 6) is 0.0130. The van der Waals surface area contributed by atoms with Crippen molar-refractivity contribution in [3.05, 3.63) is 0 Å². The Balaban J connectivity index is 2.38. The van der Waals surface area contributed by atoms with Crippen molar-refractivity contribution in [2.24, 2.45) is 5.73 Å². The van der Waals surface area contributed by atoms with E-state index < -0.39 is 6.04 Å². The third-order valence-corrected chi connectivity index (χ3v) is 3.17. The van der Waals surface area contributed by atoms with Gasteiger partial charge in [0.2, 0.25) is 5.91 Å². The number of carbonyl (C=O) groups excluding carboxylic acids is 1. The molecule has 1 amide bonds. The van der Waals surface area contributed by atoms with E-state index in [2.05, 4.69) is 19.0 Å². The van der Waals surface area contributed by atoms with Crippen molar-refractivity contribution in [1.82, 2.24) is 9.80 Å². The Morgan fingerprint density at radius 3 is 2.50 bits per heavy atom. The molecule has 1 aliphatic heterocycles. The van der Waals surface area contributed by atoms with Gasteiger partial charge in [-0.3, -0.25) is 4.79 Å². The summed E-state index contributed by atoms with van der Waals surface area (Å²) in [5, 5.41) is 0. The molecule has 2 N–H and O–H groups in total. The van der Waals surface area contributed by atoms with Crippen molar-refractivity contribution in [3.8, 4) is 0 Å². The van der Waals surface area contributed by atoms with Gasteiger partial charge in [0.15, 0.2) is 0 Å². The van der Waals surface area contributed by atoms with Crippen LogP contribution in [0.5, 0.6) is 0 Å². The van der Waals surface area contributed by atoms with Gasteiger partial charge in [0.1, 0.15) is 6.04 Å².